The number of ether oxygens (including phenoxy) is 2. The molecule has 18 heteroatoms. The van der Waals surface area contributed by atoms with Crippen LogP contribution >= 0.6 is 19.3 Å². The maximum absolute atomic E-state index is 15.3. The van der Waals surface area contributed by atoms with E-state index in [4.69, 9.17) is 30.1 Å². The normalized spacial score (nSPS) is 23.5. The Balaban J connectivity index is 1.70. The summed E-state index contributed by atoms with van der Waals surface area (Å²) in [5.74, 6) is -5.66. The first kappa shape index (κ1) is 33.6. The van der Waals surface area contributed by atoms with E-state index in [0.29, 0.717) is 11.6 Å². The molecule has 1 aromatic heterocycles. The number of aromatic nitrogens is 2. The first-order valence-corrected chi connectivity index (χ1v) is 14.9. The molecule has 0 radical (unpaired) electrons. The average molecular weight is 668 g/mol. The molecule has 0 spiro atoms. The molecule has 4 rings (SSSR count). The summed E-state index contributed by atoms with van der Waals surface area (Å²) >= 11 is 5.63. The number of aliphatic hydroxyl groups is 1. The van der Waals surface area contributed by atoms with E-state index < -0.39 is 79.0 Å². The highest BCUT2D eigenvalue weighted by molar-refractivity contribution is 7.52. The molecule has 2 aromatic carbocycles. The third-order valence-corrected chi connectivity index (χ3v) is 8.39. The number of alkyl halides is 4. The minimum Gasteiger partial charge on any atom is -0.462 e. The smallest absolute Gasteiger partial charge is 0.459 e. The van der Waals surface area contributed by atoms with Gasteiger partial charge in [-0.1, -0.05) is 41.9 Å². The number of esters is 1. The molecule has 240 valence electrons. The molecule has 44 heavy (non-hydrogen) atoms. The number of halogens is 5. The molecular weight excluding hydrogens is 641 g/mol. The van der Waals surface area contributed by atoms with Crippen LogP contribution in [0, 0.1) is 0 Å². The van der Waals surface area contributed by atoms with Crippen LogP contribution in [0.5, 0.6) is 5.75 Å². The van der Waals surface area contributed by atoms with Crippen molar-refractivity contribution in [3.63, 3.8) is 0 Å². The Bertz CT molecular complexity index is 1700. The molecule has 1 aliphatic heterocycles. The van der Waals surface area contributed by atoms with Crippen molar-refractivity contribution in [2.75, 3.05) is 6.61 Å². The molecule has 1 unspecified atom stereocenters. The van der Waals surface area contributed by atoms with Crippen LogP contribution in [-0.4, -0.2) is 63.4 Å². The lowest BCUT2D eigenvalue weighted by Gasteiger charge is -2.32. The predicted octanol–water partition coefficient (Wildman–Crippen LogP) is 4.01. The lowest BCUT2D eigenvalue weighted by molar-refractivity contribution is -0.193. The third-order valence-electron chi connectivity index (χ3n) is 6.50. The number of hydrogen-bond donors (Lipinski definition) is 3. The topological polar surface area (TPSA) is 158 Å². The van der Waals surface area contributed by atoms with Gasteiger partial charge in [0.05, 0.1) is 12.7 Å². The van der Waals surface area contributed by atoms with Crippen LogP contribution in [-0.2, 0) is 23.4 Å². The maximum atomic E-state index is 15.3. The van der Waals surface area contributed by atoms with Gasteiger partial charge < -0.3 is 19.1 Å². The monoisotopic (exact) mass is 667 g/mol. The number of carbonyl (C=O) groups excluding carboxylic acids is 1. The number of H-pyrrole nitrogens is 1. The Morgan fingerprint density at radius 3 is 2.48 bits per heavy atom. The molecule has 12 nitrogen and oxygen atoms in total. The summed E-state index contributed by atoms with van der Waals surface area (Å²) in [6.45, 7) is 2.57. The lowest BCUT2D eigenvalue weighted by Crippen LogP contribution is -2.54. The summed E-state index contributed by atoms with van der Waals surface area (Å²) in [6, 6.07) is 9.83. The fraction of sp³-hybridized carbons (Fsp3) is 0.423. The highest BCUT2D eigenvalue weighted by Crippen LogP contribution is 2.53. The number of carbonyl (C=O) groups is 1. The van der Waals surface area contributed by atoms with Crippen molar-refractivity contribution in [3.05, 3.63) is 74.5 Å². The van der Waals surface area contributed by atoms with Gasteiger partial charge in [0.2, 0.25) is 6.23 Å². The SMILES string of the molecule is CC(C)OC(=O)[C@H](C)NP(=O)(OC[C@@]1(C(F)F)O[C@@H](n2cc(Cl)c(=O)[nH]c2=O)C(F)(F)[C@@H]1O)Oc1ccc2ccccc2c1. The highest BCUT2D eigenvalue weighted by Gasteiger charge is 2.71. The molecule has 1 fully saturated rings. The summed E-state index contributed by atoms with van der Waals surface area (Å²) in [4.78, 5) is 37.9. The van der Waals surface area contributed by atoms with Crippen LogP contribution in [0.15, 0.2) is 58.3 Å². The number of rotatable bonds is 11. The Hall–Kier alpha value is -3.27. The Labute approximate surface area is 251 Å². The summed E-state index contributed by atoms with van der Waals surface area (Å²) < 4.78 is 94.2. The van der Waals surface area contributed by atoms with Crippen LogP contribution in [0.3, 0.4) is 0 Å². The molecule has 0 amide bonds. The molecule has 1 saturated heterocycles. The van der Waals surface area contributed by atoms with Gasteiger partial charge in [-0.05, 0) is 43.7 Å². The molecule has 0 saturated carbocycles. The van der Waals surface area contributed by atoms with Gasteiger partial charge in [0, 0.05) is 6.20 Å². The predicted molar refractivity (Wildman–Crippen MR) is 148 cm³/mol. The van der Waals surface area contributed by atoms with E-state index in [1.165, 1.54) is 32.9 Å². The van der Waals surface area contributed by atoms with Gasteiger partial charge in [-0.3, -0.25) is 23.7 Å². The van der Waals surface area contributed by atoms with Crippen molar-refractivity contribution in [2.24, 2.45) is 0 Å². The molecule has 0 aliphatic carbocycles. The van der Waals surface area contributed by atoms with Crippen molar-refractivity contribution in [1.29, 1.82) is 0 Å². The number of aliphatic hydroxyl groups excluding tert-OH is 1. The zero-order valence-corrected chi connectivity index (χ0v) is 24.9. The molecule has 0 bridgehead atoms. The fourth-order valence-corrected chi connectivity index (χ4v) is 5.97. The molecule has 3 N–H and O–H groups in total. The first-order valence-electron chi connectivity index (χ1n) is 12.9. The first-order chi connectivity index (χ1) is 20.5. The fourth-order valence-electron chi connectivity index (χ4n) is 4.30. The minimum absolute atomic E-state index is 0.0184. The number of nitrogens with zero attached hydrogens (tertiary/aromatic N) is 1. The van der Waals surface area contributed by atoms with E-state index in [1.54, 1.807) is 35.3 Å². The van der Waals surface area contributed by atoms with Crippen LogP contribution in [0.1, 0.15) is 27.0 Å². The van der Waals surface area contributed by atoms with Crippen molar-refractivity contribution in [3.8, 4) is 5.75 Å². The van der Waals surface area contributed by atoms with Gasteiger partial charge >= 0.3 is 25.3 Å². The van der Waals surface area contributed by atoms with Gasteiger partial charge in [0.1, 0.15) is 16.8 Å². The molecule has 3 aromatic rings. The van der Waals surface area contributed by atoms with Gasteiger partial charge in [0.15, 0.2) is 11.7 Å². The van der Waals surface area contributed by atoms with Gasteiger partial charge in [-0.15, -0.1) is 0 Å². The molecule has 1 aliphatic rings. The quantitative estimate of drug-likeness (QED) is 0.155. The molecular formula is C26H27ClF4N3O9P. The zero-order chi connectivity index (χ0) is 32.6. The number of aromatic amines is 1. The van der Waals surface area contributed by atoms with E-state index in [-0.39, 0.29) is 10.3 Å². The van der Waals surface area contributed by atoms with E-state index in [1.807, 2.05) is 0 Å². The van der Waals surface area contributed by atoms with Crippen molar-refractivity contribution in [2.45, 2.75) is 63.2 Å². The van der Waals surface area contributed by atoms with E-state index >= 15 is 8.78 Å². The number of hydrogen-bond acceptors (Lipinski definition) is 9. The number of benzene rings is 2. The van der Waals surface area contributed by atoms with Crippen molar-refractivity contribution >= 4 is 36.1 Å². The Morgan fingerprint density at radius 1 is 1.18 bits per heavy atom. The zero-order valence-electron chi connectivity index (χ0n) is 23.2. The maximum Gasteiger partial charge on any atom is 0.459 e. The van der Waals surface area contributed by atoms with Gasteiger partial charge in [-0.25, -0.2) is 18.1 Å². The number of fused-ring (bicyclic) bond motifs is 1. The summed E-state index contributed by atoms with van der Waals surface area (Å²) in [5.41, 5.74) is -6.27. The minimum atomic E-state index is -4.95. The van der Waals surface area contributed by atoms with E-state index in [0.717, 1.165) is 5.39 Å². The number of nitrogens with one attached hydrogen (secondary N) is 2. The van der Waals surface area contributed by atoms with Crippen molar-refractivity contribution in [1.82, 2.24) is 14.6 Å². The van der Waals surface area contributed by atoms with E-state index in [9.17, 15) is 32.8 Å². The van der Waals surface area contributed by atoms with Crippen LogP contribution in [0.2, 0.25) is 5.02 Å². The summed E-state index contributed by atoms with van der Waals surface area (Å²) in [6.07, 6.45) is -10.4. The van der Waals surface area contributed by atoms with Crippen LogP contribution in [0.4, 0.5) is 17.6 Å². The van der Waals surface area contributed by atoms with Crippen LogP contribution < -0.4 is 20.9 Å². The van der Waals surface area contributed by atoms with Gasteiger partial charge in [0.25, 0.3) is 12.0 Å². The van der Waals surface area contributed by atoms with Crippen LogP contribution in [0.25, 0.3) is 10.8 Å². The second-order valence-electron chi connectivity index (χ2n) is 10.2. The highest BCUT2D eigenvalue weighted by atomic mass is 35.5. The van der Waals surface area contributed by atoms with Gasteiger partial charge in [-0.2, -0.15) is 13.9 Å². The largest absolute Gasteiger partial charge is 0.462 e. The summed E-state index contributed by atoms with van der Waals surface area (Å²) in [7, 11) is -4.95. The Morgan fingerprint density at radius 2 is 1.84 bits per heavy atom. The third kappa shape index (κ3) is 6.70. The second-order valence-corrected chi connectivity index (χ2v) is 12.3. The van der Waals surface area contributed by atoms with Crippen molar-refractivity contribution < 1.29 is 50.5 Å². The van der Waals surface area contributed by atoms with E-state index in [2.05, 4.69) is 5.09 Å². The second kappa shape index (κ2) is 12.6. The average Bonchev–Trinajstić information content (AvgIpc) is 3.15. The summed E-state index contributed by atoms with van der Waals surface area (Å²) in [5, 5.41) is 13.3. The Kier molecular flexibility index (Phi) is 9.64. The lowest BCUT2D eigenvalue weighted by atomic mass is 9.96. The molecule has 2 heterocycles. The standard InChI is InChI=1S/C26H27ClF4N3O9P/c1-13(2)41-20(36)14(3)33-44(39,43-17-9-8-15-6-4-5-7-16(15)10-17)40-12-25(22(28)29)21(37)26(30,31)23(42-25)34-11-18(27)19(35)32-24(34)38/h4-11,13-14,21-23,37H,12H2,1-3H3,(H,33,39)(H,32,35,38)/t14-,21+,23+,25+,44?/m0/s1. The molecule has 5 atom stereocenters.